The van der Waals surface area contributed by atoms with E-state index in [-0.39, 0.29) is 23.7 Å². The van der Waals surface area contributed by atoms with Crippen molar-refractivity contribution in [1.29, 1.82) is 0 Å². The summed E-state index contributed by atoms with van der Waals surface area (Å²) in [5.74, 6) is -1.80. The summed E-state index contributed by atoms with van der Waals surface area (Å²) in [5.41, 5.74) is 1.69. The molecule has 7 heteroatoms. The molecule has 0 saturated carbocycles. The van der Waals surface area contributed by atoms with Crippen LogP contribution < -0.4 is 10.6 Å². The van der Waals surface area contributed by atoms with Crippen molar-refractivity contribution in [2.45, 2.75) is 12.6 Å². The van der Waals surface area contributed by atoms with Crippen LogP contribution in [0, 0.1) is 5.82 Å². The van der Waals surface area contributed by atoms with Gasteiger partial charge in [0.2, 0.25) is 5.91 Å². The number of nitrogens with one attached hydrogen (secondary N) is 2. The molecular formula is C24H21FN2O4. The number of benzene rings is 3. The van der Waals surface area contributed by atoms with Crippen molar-refractivity contribution in [3.63, 3.8) is 0 Å². The largest absolute Gasteiger partial charge is 0.394 e. The maximum atomic E-state index is 13.0. The van der Waals surface area contributed by atoms with E-state index in [1.54, 1.807) is 42.5 Å². The molecule has 0 aliphatic heterocycles. The van der Waals surface area contributed by atoms with Crippen LogP contribution in [0.1, 0.15) is 31.8 Å². The Morgan fingerprint density at radius 1 is 0.839 bits per heavy atom. The molecule has 0 aliphatic carbocycles. The Hall–Kier alpha value is -3.84. The number of ketones is 1. The van der Waals surface area contributed by atoms with E-state index in [9.17, 15) is 23.9 Å². The highest BCUT2D eigenvalue weighted by Crippen LogP contribution is 2.12. The monoisotopic (exact) mass is 420 g/mol. The molecule has 2 amide bonds. The molecule has 3 N–H and O–H groups in total. The lowest BCUT2D eigenvalue weighted by Crippen LogP contribution is -2.48. The second-order valence-electron chi connectivity index (χ2n) is 6.83. The van der Waals surface area contributed by atoms with Gasteiger partial charge in [0.15, 0.2) is 5.78 Å². The summed E-state index contributed by atoms with van der Waals surface area (Å²) in [6, 6.07) is 19.2. The molecule has 0 saturated heterocycles. The molecule has 0 unspecified atom stereocenters. The molecule has 3 aromatic carbocycles. The van der Waals surface area contributed by atoms with Crippen LogP contribution in [0.2, 0.25) is 0 Å². The van der Waals surface area contributed by atoms with Gasteiger partial charge in [-0.05, 0) is 29.8 Å². The molecule has 6 nitrogen and oxygen atoms in total. The third-order valence-corrected chi connectivity index (χ3v) is 4.61. The number of carbonyl (C=O) groups is 3. The van der Waals surface area contributed by atoms with Crippen LogP contribution in [0.3, 0.4) is 0 Å². The first kappa shape index (κ1) is 21.9. The van der Waals surface area contributed by atoms with E-state index in [2.05, 4.69) is 10.6 Å². The molecule has 158 valence electrons. The normalized spacial score (nSPS) is 11.4. The van der Waals surface area contributed by atoms with Crippen molar-refractivity contribution in [3.05, 3.63) is 107 Å². The Morgan fingerprint density at radius 2 is 1.48 bits per heavy atom. The van der Waals surface area contributed by atoms with Crippen LogP contribution in [0.15, 0.2) is 78.9 Å². The van der Waals surface area contributed by atoms with E-state index < -0.39 is 24.5 Å². The smallest absolute Gasteiger partial charge is 0.252 e. The van der Waals surface area contributed by atoms with Crippen molar-refractivity contribution in [1.82, 2.24) is 10.6 Å². The Morgan fingerprint density at radius 3 is 2.16 bits per heavy atom. The van der Waals surface area contributed by atoms with Crippen molar-refractivity contribution in [3.8, 4) is 0 Å². The Bertz CT molecular complexity index is 1070. The minimum absolute atomic E-state index is 0.118. The quantitative estimate of drug-likeness (QED) is 0.488. The minimum atomic E-state index is -1.18. The molecule has 0 spiro atoms. The van der Waals surface area contributed by atoms with E-state index in [0.717, 1.165) is 0 Å². The fourth-order valence-electron chi connectivity index (χ4n) is 2.91. The summed E-state index contributed by atoms with van der Waals surface area (Å²) in [7, 11) is 0. The lowest BCUT2D eigenvalue weighted by molar-refractivity contribution is -0.124. The lowest BCUT2D eigenvalue weighted by Gasteiger charge is -2.16. The molecular weight excluding hydrogens is 399 g/mol. The van der Waals surface area contributed by atoms with E-state index in [4.69, 9.17) is 0 Å². The van der Waals surface area contributed by atoms with Gasteiger partial charge in [0, 0.05) is 23.2 Å². The van der Waals surface area contributed by atoms with Crippen LogP contribution in [0.25, 0.3) is 0 Å². The van der Waals surface area contributed by atoms with Gasteiger partial charge >= 0.3 is 0 Å². The summed E-state index contributed by atoms with van der Waals surface area (Å²) in [6.07, 6.45) is 0. The highest BCUT2D eigenvalue weighted by molar-refractivity contribution is 6.10. The Kier molecular flexibility index (Phi) is 7.24. The summed E-state index contributed by atoms with van der Waals surface area (Å²) in [5, 5.41) is 14.6. The Labute approximate surface area is 178 Å². The molecule has 0 fully saturated rings. The van der Waals surface area contributed by atoms with Gasteiger partial charge in [-0.15, -0.1) is 0 Å². The first-order valence-electron chi connectivity index (χ1n) is 9.61. The van der Waals surface area contributed by atoms with Crippen molar-refractivity contribution >= 4 is 17.6 Å². The zero-order chi connectivity index (χ0) is 22.2. The number of amides is 2. The predicted molar refractivity (Wildman–Crippen MR) is 113 cm³/mol. The number of rotatable bonds is 8. The Balaban J connectivity index is 1.64. The molecule has 0 heterocycles. The van der Waals surface area contributed by atoms with Gasteiger partial charge in [-0.2, -0.15) is 0 Å². The van der Waals surface area contributed by atoms with Crippen LogP contribution in [0.5, 0.6) is 0 Å². The number of aliphatic hydroxyl groups is 1. The van der Waals surface area contributed by atoms with Crippen molar-refractivity contribution in [2.75, 3.05) is 6.61 Å². The number of halogens is 1. The molecule has 31 heavy (non-hydrogen) atoms. The highest BCUT2D eigenvalue weighted by Gasteiger charge is 2.21. The van der Waals surface area contributed by atoms with E-state index in [1.165, 1.54) is 36.4 Å². The number of aliphatic hydroxyl groups excluding tert-OH is 1. The van der Waals surface area contributed by atoms with Crippen molar-refractivity contribution < 1.29 is 23.9 Å². The minimum Gasteiger partial charge on any atom is -0.394 e. The van der Waals surface area contributed by atoms with E-state index in [1.807, 2.05) is 0 Å². The van der Waals surface area contributed by atoms with Gasteiger partial charge in [-0.1, -0.05) is 54.6 Å². The number of carbonyl (C=O) groups excluding carboxylic acids is 3. The zero-order valence-corrected chi connectivity index (χ0v) is 16.5. The molecule has 0 radical (unpaired) electrons. The number of hydrogen-bond acceptors (Lipinski definition) is 4. The average molecular weight is 420 g/mol. The molecule has 3 aromatic rings. The highest BCUT2D eigenvalue weighted by atomic mass is 19.1. The summed E-state index contributed by atoms with van der Waals surface area (Å²) in [4.78, 5) is 37.5. The molecule has 0 bridgehead atoms. The van der Waals surface area contributed by atoms with Gasteiger partial charge in [-0.3, -0.25) is 14.4 Å². The standard InChI is InChI=1S/C24H21FN2O4/c25-20-11-9-16(10-12-20)14-26-24(31)21(15-28)27-23(30)19-8-4-7-18(13-19)22(29)17-5-2-1-3-6-17/h1-13,21,28H,14-15H2,(H,26,31)(H,27,30)/t21-/m0/s1. The average Bonchev–Trinajstić information content (AvgIpc) is 2.82. The van der Waals surface area contributed by atoms with Crippen LogP contribution in [-0.4, -0.2) is 35.4 Å². The molecule has 0 aromatic heterocycles. The van der Waals surface area contributed by atoms with Gasteiger partial charge in [0.25, 0.3) is 5.91 Å². The van der Waals surface area contributed by atoms with Crippen LogP contribution in [0.4, 0.5) is 4.39 Å². The van der Waals surface area contributed by atoms with Gasteiger partial charge in [-0.25, -0.2) is 4.39 Å². The molecule has 0 aliphatic rings. The number of hydrogen-bond donors (Lipinski definition) is 3. The zero-order valence-electron chi connectivity index (χ0n) is 16.5. The SMILES string of the molecule is O=C(N[C@@H](CO)C(=O)NCc1ccc(F)cc1)c1cccc(C(=O)c2ccccc2)c1. The fourth-order valence-corrected chi connectivity index (χ4v) is 2.91. The third-order valence-electron chi connectivity index (χ3n) is 4.61. The second kappa shape index (κ2) is 10.3. The second-order valence-corrected chi connectivity index (χ2v) is 6.83. The van der Waals surface area contributed by atoms with E-state index >= 15 is 0 Å². The summed E-state index contributed by atoms with van der Waals surface area (Å²) in [6.45, 7) is -0.490. The fraction of sp³-hybridized carbons (Fsp3) is 0.125. The first-order valence-corrected chi connectivity index (χ1v) is 9.61. The molecule has 1 atom stereocenters. The summed E-state index contributed by atoms with van der Waals surface area (Å²) >= 11 is 0. The van der Waals surface area contributed by atoms with Gasteiger partial charge < -0.3 is 15.7 Å². The molecule has 3 rings (SSSR count). The first-order chi connectivity index (χ1) is 15.0. The maximum absolute atomic E-state index is 13.0. The van der Waals surface area contributed by atoms with Crippen LogP contribution in [-0.2, 0) is 11.3 Å². The summed E-state index contributed by atoms with van der Waals surface area (Å²) < 4.78 is 13.0. The third kappa shape index (κ3) is 5.83. The predicted octanol–water partition coefficient (Wildman–Crippen LogP) is 2.46. The van der Waals surface area contributed by atoms with Gasteiger partial charge in [0.1, 0.15) is 11.9 Å². The topological polar surface area (TPSA) is 95.5 Å². The maximum Gasteiger partial charge on any atom is 0.252 e. The van der Waals surface area contributed by atoms with Crippen LogP contribution >= 0.6 is 0 Å². The van der Waals surface area contributed by atoms with E-state index in [0.29, 0.717) is 16.7 Å². The lowest BCUT2D eigenvalue weighted by atomic mass is 10.0. The van der Waals surface area contributed by atoms with Crippen molar-refractivity contribution in [2.24, 2.45) is 0 Å². The van der Waals surface area contributed by atoms with Gasteiger partial charge in [0.05, 0.1) is 6.61 Å².